The Labute approximate surface area is 167 Å². The molecule has 5 heteroatoms. The number of amides is 1. The molecule has 5 nitrogen and oxygen atoms in total. The first kappa shape index (κ1) is 20.0. The van der Waals surface area contributed by atoms with E-state index >= 15 is 0 Å². The van der Waals surface area contributed by atoms with Gasteiger partial charge in [0.25, 0.3) is 0 Å². The fourth-order valence-corrected chi connectivity index (χ4v) is 3.49. The summed E-state index contributed by atoms with van der Waals surface area (Å²) in [6.07, 6.45) is 5.82. The van der Waals surface area contributed by atoms with Gasteiger partial charge in [0.1, 0.15) is 0 Å². The van der Waals surface area contributed by atoms with Gasteiger partial charge in [-0.25, -0.2) is 0 Å². The van der Waals surface area contributed by atoms with Crippen molar-refractivity contribution in [1.82, 2.24) is 10.2 Å². The molecule has 1 unspecified atom stereocenters. The second-order valence-electron chi connectivity index (χ2n) is 6.93. The quantitative estimate of drug-likeness (QED) is 0.710. The highest BCUT2D eigenvalue weighted by Gasteiger charge is 2.19. The molecule has 1 heterocycles. The number of methoxy groups -OCH3 is 2. The van der Waals surface area contributed by atoms with Crippen LogP contribution in [-0.2, 0) is 4.79 Å². The second kappa shape index (κ2) is 9.95. The number of carbonyl (C=O) groups excluding carboxylic acids is 1. The highest BCUT2D eigenvalue weighted by atomic mass is 16.5. The minimum absolute atomic E-state index is 0.0261. The van der Waals surface area contributed by atoms with Crippen molar-refractivity contribution in [3.63, 3.8) is 0 Å². The van der Waals surface area contributed by atoms with Crippen molar-refractivity contribution >= 4 is 12.0 Å². The molecule has 0 radical (unpaired) electrons. The largest absolute Gasteiger partial charge is 0.493 e. The molecule has 1 atom stereocenters. The molecule has 1 N–H and O–H groups in total. The van der Waals surface area contributed by atoms with Gasteiger partial charge in [0.05, 0.1) is 20.3 Å². The van der Waals surface area contributed by atoms with Crippen LogP contribution in [0.4, 0.5) is 0 Å². The van der Waals surface area contributed by atoms with E-state index in [1.54, 1.807) is 26.4 Å². The van der Waals surface area contributed by atoms with E-state index in [0.29, 0.717) is 11.5 Å². The molecule has 1 aliphatic rings. The van der Waals surface area contributed by atoms with Crippen LogP contribution in [0, 0.1) is 0 Å². The van der Waals surface area contributed by atoms with Crippen LogP contribution in [0.25, 0.3) is 6.08 Å². The minimum atomic E-state index is -0.108. The zero-order chi connectivity index (χ0) is 19.8. The molecule has 2 aromatic rings. The van der Waals surface area contributed by atoms with Crippen molar-refractivity contribution in [2.75, 3.05) is 33.9 Å². The predicted octanol–water partition coefficient (Wildman–Crippen LogP) is 3.67. The maximum atomic E-state index is 12.6. The summed E-state index contributed by atoms with van der Waals surface area (Å²) >= 11 is 0. The molecule has 0 bridgehead atoms. The zero-order valence-electron chi connectivity index (χ0n) is 16.6. The Morgan fingerprint density at radius 1 is 1.07 bits per heavy atom. The molecule has 0 spiro atoms. The van der Waals surface area contributed by atoms with E-state index in [0.717, 1.165) is 30.8 Å². The van der Waals surface area contributed by atoms with Crippen LogP contribution in [-0.4, -0.2) is 44.7 Å². The third-order valence-electron chi connectivity index (χ3n) is 4.99. The molecule has 0 aliphatic carbocycles. The van der Waals surface area contributed by atoms with Crippen molar-refractivity contribution < 1.29 is 14.3 Å². The topological polar surface area (TPSA) is 50.8 Å². The smallest absolute Gasteiger partial charge is 0.244 e. The number of benzene rings is 2. The van der Waals surface area contributed by atoms with Gasteiger partial charge in [0.15, 0.2) is 11.5 Å². The highest BCUT2D eigenvalue weighted by molar-refractivity contribution is 5.92. The first-order chi connectivity index (χ1) is 13.7. The van der Waals surface area contributed by atoms with Gasteiger partial charge >= 0.3 is 0 Å². The van der Waals surface area contributed by atoms with E-state index in [2.05, 4.69) is 22.3 Å². The summed E-state index contributed by atoms with van der Waals surface area (Å²) in [6, 6.07) is 15.7. The van der Waals surface area contributed by atoms with Gasteiger partial charge in [-0.2, -0.15) is 0 Å². The molecule has 1 fully saturated rings. The van der Waals surface area contributed by atoms with Gasteiger partial charge < -0.3 is 19.7 Å². The van der Waals surface area contributed by atoms with Gasteiger partial charge in [0, 0.05) is 12.6 Å². The molecule has 1 aliphatic heterocycles. The van der Waals surface area contributed by atoms with Crippen LogP contribution in [0.2, 0.25) is 0 Å². The third kappa shape index (κ3) is 5.36. The van der Waals surface area contributed by atoms with E-state index in [4.69, 9.17) is 9.47 Å². The summed E-state index contributed by atoms with van der Waals surface area (Å²) in [7, 11) is 3.20. The van der Waals surface area contributed by atoms with Crippen molar-refractivity contribution in [3.8, 4) is 11.5 Å². The average Bonchev–Trinajstić information content (AvgIpc) is 3.25. The Balaban J connectivity index is 1.68. The summed E-state index contributed by atoms with van der Waals surface area (Å²) < 4.78 is 10.6. The predicted molar refractivity (Wildman–Crippen MR) is 112 cm³/mol. The summed E-state index contributed by atoms with van der Waals surface area (Å²) in [6.45, 7) is 3.03. The number of hydrogen-bond acceptors (Lipinski definition) is 4. The first-order valence-corrected chi connectivity index (χ1v) is 9.67. The number of nitrogens with one attached hydrogen (secondary N) is 1. The van der Waals surface area contributed by atoms with Crippen molar-refractivity contribution in [3.05, 3.63) is 65.7 Å². The number of likely N-dealkylation sites (tertiary alicyclic amines) is 1. The fraction of sp³-hybridized carbons (Fsp3) is 0.348. The maximum absolute atomic E-state index is 12.6. The maximum Gasteiger partial charge on any atom is 0.244 e. The van der Waals surface area contributed by atoms with Crippen molar-refractivity contribution in [1.29, 1.82) is 0 Å². The second-order valence-corrected chi connectivity index (χ2v) is 6.93. The average molecular weight is 380 g/mol. The van der Waals surface area contributed by atoms with E-state index in [1.807, 2.05) is 36.4 Å². The third-order valence-corrected chi connectivity index (χ3v) is 4.99. The first-order valence-electron chi connectivity index (χ1n) is 9.67. The molecular formula is C23H28N2O3. The number of nitrogens with zero attached hydrogens (tertiary/aromatic N) is 1. The van der Waals surface area contributed by atoms with Crippen LogP contribution in [0.1, 0.15) is 30.0 Å². The van der Waals surface area contributed by atoms with Crippen LogP contribution < -0.4 is 14.8 Å². The van der Waals surface area contributed by atoms with E-state index in [1.165, 1.54) is 12.8 Å². The molecule has 1 amide bonds. The van der Waals surface area contributed by atoms with E-state index < -0.39 is 0 Å². The van der Waals surface area contributed by atoms with Crippen LogP contribution in [0.3, 0.4) is 0 Å². The van der Waals surface area contributed by atoms with Gasteiger partial charge in [0.2, 0.25) is 5.91 Å². The SMILES string of the molecule is COc1ccc(/C=C/C(=O)NC(CN2CCCC2)c2ccccc2)cc1OC. The number of hydrogen-bond donors (Lipinski definition) is 1. The summed E-state index contributed by atoms with van der Waals surface area (Å²) in [5, 5.41) is 3.16. The number of carbonyl (C=O) groups is 1. The van der Waals surface area contributed by atoms with Gasteiger partial charge in [-0.05, 0) is 55.3 Å². The summed E-state index contributed by atoms with van der Waals surface area (Å²) in [5.41, 5.74) is 2.01. The Morgan fingerprint density at radius 3 is 2.46 bits per heavy atom. The molecule has 3 rings (SSSR count). The molecule has 0 aromatic heterocycles. The summed E-state index contributed by atoms with van der Waals surface area (Å²) in [5.74, 6) is 1.20. The van der Waals surface area contributed by atoms with E-state index in [9.17, 15) is 4.79 Å². The normalized spacial score (nSPS) is 15.5. The molecule has 2 aromatic carbocycles. The Hall–Kier alpha value is -2.79. The Kier molecular flexibility index (Phi) is 7.09. The molecule has 0 saturated carbocycles. The van der Waals surface area contributed by atoms with Gasteiger partial charge in [-0.1, -0.05) is 36.4 Å². The monoisotopic (exact) mass is 380 g/mol. The number of ether oxygens (including phenoxy) is 2. The lowest BCUT2D eigenvalue weighted by molar-refractivity contribution is -0.117. The minimum Gasteiger partial charge on any atom is -0.493 e. The Morgan fingerprint density at radius 2 is 1.79 bits per heavy atom. The Bertz CT molecular complexity index is 799. The van der Waals surface area contributed by atoms with Crippen LogP contribution in [0.5, 0.6) is 11.5 Å². The lowest BCUT2D eigenvalue weighted by Crippen LogP contribution is -2.36. The van der Waals surface area contributed by atoms with Gasteiger partial charge in [-0.3, -0.25) is 4.79 Å². The van der Waals surface area contributed by atoms with Crippen molar-refractivity contribution in [2.24, 2.45) is 0 Å². The molecule has 28 heavy (non-hydrogen) atoms. The molecular weight excluding hydrogens is 352 g/mol. The molecule has 1 saturated heterocycles. The molecule has 148 valence electrons. The summed E-state index contributed by atoms with van der Waals surface area (Å²) in [4.78, 5) is 15.0. The van der Waals surface area contributed by atoms with Crippen LogP contribution >= 0.6 is 0 Å². The number of rotatable bonds is 8. The lowest BCUT2D eigenvalue weighted by atomic mass is 10.1. The zero-order valence-corrected chi connectivity index (χ0v) is 16.6. The van der Waals surface area contributed by atoms with Crippen LogP contribution in [0.15, 0.2) is 54.6 Å². The van der Waals surface area contributed by atoms with Crippen molar-refractivity contribution in [2.45, 2.75) is 18.9 Å². The highest BCUT2D eigenvalue weighted by Crippen LogP contribution is 2.28. The fourth-order valence-electron chi connectivity index (χ4n) is 3.49. The lowest BCUT2D eigenvalue weighted by Gasteiger charge is -2.24. The van der Waals surface area contributed by atoms with E-state index in [-0.39, 0.29) is 11.9 Å². The van der Waals surface area contributed by atoms with Gasteiger partial charge in [-0.15, -0.1) is 0 Å². The standard InChI is InChI=1S/C23H28N2O3/c1-27-21-12-10-18(16-22(21)28-2)11-13-23(26)24-20(17-25-14-6-7-15-25)19-8-4-3-5-9-19/h3-5,8-13,16,20H,6-7,14-15,17H2,1-2H3,(H,24,26)/b13-11+.